The fourth-order valence-electron chi connectivity index (χ4n) is 2.13. The van der Waals surface area contributed by atoms with Crippen molar-refractivity contribution in [1.82, 2.24) is 0 Å². The van der Waals surface area contributed by atoms with E-state index in [1.54, 1.807) is 12.1 Å². The summed E-state index contributed by atoms with van der Waals surface area (Å²) in [5, 5.41) is 2.82. The number of benzene rings is 2. The van der Waals surface area contributed by atoms with Crippen LogP contribution in [0, 0.1) is 20.8 Å². The summed E-state index contributed by atoms with van der Waals surface area (Å²) in [6.07, 6.45) is 0. The SMILES string of the molecule is Cc1ccc(N)cc1NC(=O)COc1c(C)cccc1C. The third kappa shape index (κ3) is 3.75. The van der Waals surface area contributed by atoms with Crippen molar-refractivity contribution in [2.24, 2.45) is 0 Å². The lowest BCUT2D eigenvalue weighted by atomic mass is 10.1. The highest BCUT2D eigenvalue weighted by molar-refractivity contribution is 5.93. The molecule has 3 N–H and O–H groups in total. The number of aryl methyl sites for hydroxylation is 3. The first-order valence-electron chi connectivity index (χ1n) is 6.82. The molecule has 0 aliphatic heterocycles. The van der Waals surface area contributed by atoms with Crippen molar-refractivity contribution >= 4 is 17.3 Å². The largest absolute Gasteiger partial charge is 0.483 e. The molecule has 0 bridgehead atoms. The Morgan fingerprint density at radius 1 is 1.10 bits per heavy atom. The summed E-state index contributed by atoms with van der Waals surface area (Å²) in [5.74, 6) is 0.559. The van der Waals surface area contributed by atoms with Crippen LogP contribution in [-0.2, 0) is 4.79 Å². The Morgan fingerprint density at radius 2 is 1.76 bits per heavy atom. The number of nitrogen functional groups attached to an aromatic ring is 1. The molecule has 4 heteroatoms. The third-order valence-corrected chi connectivity index (χ3v) is 3.29. The third-order valence-electron chi connectivity index (χ3n) is 3.29. The van der Waals surface area contributed by atoms with E-state index in [9.17, 15) is 4.79 Å². The molecule has 0 heterocycles. The number of amides is 1. The first-order chi connectivity index (χ1) is 9.97. The lowest BCUT2D eigenvalue weighted by Gasteiger charge is -2.13. The molecule has 0 aromatic heterocycles. The van der Waals surface area contributed by atoms with Crippen molar-refractivity contribution in [2.75, 3.05) is 17.7 Å². The minimum Gasteiger partial charge on any atom is -0.483 e. The molecule has 2 aromatic carbocycles. The summed E-state index contributed by atoms with van der Waals surface area (Å²) in [5.41, 5.74) is 10.1. The topological polar surface area (TPSA) is 64.3 Å². The van der Waals surface area contributed by atoms with Crippen molar-refractivity contribution < 1.29 is 9.53 Å². The van der Waals surface area contributed by atoms with Crippen LogP contribution in [0.15, 0.2) is 36.4 Å². The number of hydrogen-bond acceptors (Lipinski definition) is 3. The molecule has 0 atom stereocenters. The van der Waals surface area contributed by atoms with Crippen molar-refractivity contribution in [1.29, 1.82) is 0 Å². The Kier molecular flexibility index (Phi) is 4.48. The van der Waals surface area contributed by atoms with Gasteiger partial charge in [0.1, 0.15) is 5.75 Å². The zero-order chi connectivity index (χ0) is 15.4. The van der Waals surface area contributed by atoms with E-state index in [1.807, 2.05) is 45.0 Å². The van der Waals surface area contributed by atoms with Gasteiger partial charge in [-0.3, -0.25) is 4.79 Å². The fourth-order valence-corrected chi connectivity index (χ4v) is 2.13. The fraction of sp³-hybridized carbons (Fsp3) is 0.235. The van der Waals surface area contributed by atoms with E-state index in [0.29, 0.717) is 11.4 Å². The molecule has 0 aliphatic rings. The van der Waals surface area contributed by atoms with Crippen LogP contribution in [0.1, 0.15) is 16.7 Å². The molecular formula is C17H20N2O2. The number of para-hydroxylation sites is 1. The highest BCUT2D eigenvalue weighted by Gasteiger charge is 2.09. The van der Waals surface area contributed by atoms with Crippen molar-refractivity contribution in [3.05, 3.63) is 53.1 Å². The van der Waals surface area contributed by atoms with Crippen LogP contribution in [-0.4, -0.2) is 12.5 Å². The van der Waals surface area contributed by atoms with E-state index in [4.69, 9.17) is 10.5 Å². The molecule has 21 heavy (non-hydrogen) atoms. The molecule has 0 saturated carbocycles. The van der Waals surface area contributed by atoms with Crippen molar-refractivity contribution in [2.45, 2.75) is 20.8 Å². The van der Waals surface area contributed by atoms with E-state index in [-0.39, 0.29) is 12.5 Å². The summed E-state index contributed by atoms with van der Waals surface area (Å²) in [6, 6.07) is 11.3. The Hall–Kier alpha value is -2.49. The van der Waals surface area contributed by atoms with Gasteiger partial charge in [-0.25, -0.2) is 0 Å². The van der Waals surface area contributed by atoms with Gasteiger partial charge in [-0.2, -0.15) is 0 Å². The Balaban J connectivity index is 2.01. The number of nitrogens with one attached hydrogen (secondary N) is 1. The number of hydrogen-bond donors (Lipinski definition) is 2. The van der Waals surface area contributed by atoms with Crippen LogP contribution in [0.3, 0.4) is 0 Å². The molecule has 110 valence electrons. The van der Waals surface area contributed by atoms with Gasteiger partial charge in [-0.15, -0.1) is 0 Å². The van der Waals surface area contributed by atoms with E-state index in [0.717, 1.165) is 22.4 Å². The lowest BCUT2D eigenvalue weighted by Crippen LogP contribution is -2.21. The zero-order valence-corrected chi connectivity index (χ0v) is 12.6. The van der Waals surface area contributed by atoms with Crippen LogP contribution in [0.5, 0.6) is 5.75 Å². The molecule has 1 amide bonds. The predicted molar refractivity (Wildman–Crippen MR) is 85.6 cm³/mol. The maximum absolute atomic E-state index is 12.0. The van der Waals surface area contributed by atoms with Crippen LogP contribution in [0.25, 0.3) is 0 Å². The molecule has 0 unspecified atom stereocenters. The van der Waals surface area contributed by atoms with Crippen LogP contribution in [0.4, 0.5) is 11.4 Å². The predicted octanol–water partition coefficient (Wildman–Crippen LogP) is 3.21. The summed E-state index contributed by atoms with van der Waals surface area (Å²) in [7, 11) is 0. The second-order valence-corrected chi connectivity index (χ2v) is 5.13. The van der Waals surface area contributed by atoms with Crippen molar-refractivity contribution in [3.63, 3.8) is 0 Å². The van der Waals surface area contributed by atoms with Gasteiger partial charge in [0.2, 0.25) is 0 Å². The maximum atomic E-state index is 12.0. The maximum Gasteiger partial charge on any atom is 0.262 e. The first kappa shape index (κ1) is 14.9. The van der Waals surface area contributed by atoms with E-state index >= 15 is 0 Å². The molecule has 2 rings (SSSR count). The molecular weight excluding hydrogens is 264 g/mol. The monoisotopic (exact) mass is 284 g/mol. The average Bonchev–Trinajstić information content (AvgIpc) is 2.42. The standard InChI is InChI=1S/C17H20N2O2/c1-11-7-8-14(18)9-15(11)19-16(20)10-21-17-12(2)5-4-6-13(17)3/h4-9H,10,18H2,1-3H3,(H,19,20). The lowest BCUT2D eigenvalue weighted by molar-refractivity contribution is -0.118. The van der Waals surface area contributed by atoms with Gasteiger partial charge in [-0.05, 0) is 49.6 Å². The smallest absolute Gasteiger partial charge is 0.262 e. The van der Waals surface area contributed by atoms with Gasteiger partial charge < -0.3 is 15.8 Å². The second-order valence-electron chi connectivity index (χ2n) is 5.13. The van der Waals surface area contributed by atoms with Crippen LogP contribution >= 0.6 is 0 Å². The van der Waals surface area contributed by atoms with Crippen molar-refractivity contribution in [3.8, 4) is 5.75 Å². The number of nitrogens with two attached hydrogens (primary N) is 1. The van der Waals surface area contributed by atoms with E-state index in [2.05, 4.69) is 5.32 Å². The molecule has 4 nitrogen and oxygen atoms in total. The quantitative estimate of drug-likeness (QED) is 0.847. The highest BCUT2D eigenvalue weighted by atomic mass is 16.5. The first-order valence-corrected chi connectivity index (χ1v) is 6.82. The molecule has 0 spiro atoms. The Morgan fingerprint density at radius 3 is 2.43 bits per heavy atom. The molecule has 0 radical (unpaired) electrons. The highest BCUT2D eigenvalue weighted by Crippen LogP contribution is 2.22. The van der Waals surface area contributed by atoms with Gasteiger partial charge in [0.25, 0.3) is 5.91 Å². The summed E-state index contributed by atoms with van der Waals surface area (Å²) >= 11 is 0. The number of carbonyl (C=O) groups is 1. The molecule has 0 fully saturated rings. The molecule has 0 aliphatic carbocycles. The van der Waals surface area contributed by atoms with E-state index < -0.39 is 0 Å². The number of ether oxygens (including phenoxy) is 1. The second kappa shape index (κ2) is 6.31. The van der Waals surface area contributed by atoms with E-state index in [1.165, 1.54) is 0 Å². The zero-order valence-electron chi connectivity index (χ0n) is 12.6. The molecule has 0 saturated heterocycles. The summed E-state index contributed by atoms with van der Waals surface area (Å²) < 4.78 is 5.63. The van der Waals surface area contributed by atoms with Gasteiger partial charge in [0, 0.05) is 11.4 Å². The minimum absolute atomic E-state index is 0.0278. The average molecular weight is 284 g/mol. The molecule has 2 aromatic rings. The van der Waals surface area contributed by atoms with Crippen LogP contribution in [0.2, 0.25) is 0 Å². The minimum atomic E-state index is -0.202. The van der Waals surface area contributed by atoms with Gasteiger partial charge >= 0.3 is 0 Å². The Bertz CT molecular complexity index is 646. The van der Waals surface area contributed by atoms with Gasteiger partial charge in [0.05, 0.1) is 0 Å². The number of carbonyl (C=O) groups excluding carboxylic acids is 1. The number of anilines is 2. The normalized spacial score (nSPS) is 10.2. The van der Waals surface area contributed by atoms with Crippen LogP contribution < -0.4 is 15.8 Å². The number of rotatable bonds is 4. The summed E-state index contributed by atoms with van der Waals surface area (Å²) in [4.78, 5) is 12.0. The summed E-state index contributed by atoms with van der Waals surface area (Å²) in [6.45, 7) is 5.81. The Labute approximate surface area is 124 Å². The van der Waals surface area contributed by atoms with Gasteiger partial charge in [0.15, 0.2) is 6.61 Å². The van der Waals surface area contributed by atoms with Gasteiger partial charge in [-0.1, -0.05) is 24.3 Å².